The van der Waals surface area contributed by atoms with E-state index in [2.05, 4.69) is 48.5 Å². The second-order valence-electron chi connectivity index (χ2n) is 15.6. The van der Waals surface area contributed by atoms with Crippen LogP contribution in [-0.2, 0) is 9.53 Å². The lowest BCUT2D eigenvalue weighted by molar-refractivity contribution is -0.241. The summed E-state index contributed by atoms with van der Waals surface area (Å²) in [6.07, 6.45) is 16.3. The van der Waals surface area contributed by atoms with Crippen LogP contribution in [0.25, 0.3) is 0 Å². The van der Waals surface area contributed by atoms with Crippen molar-refractivity contribution in [3.63, 3.8) is 0 Å². The molecule has 0 aromatic rings. The van der Waals surface area contributed by atoms with Crippen molar-refractivity contribution in [2.24, 2.45) is 62.6 Å². The van der Waals surface area contributed by atoms with E-state index in [1.54, 1.807) is 7.11 Å². The zero-order valence-electron chi connectivity index (χ0n) is 23.8. The van der Waals surface area contributed by atoms with Gasteiger partial charge in [0.25, 0.3) is 0 Å². The van der Waals surface area contributed by atoms with Crippen molar-refractivity contribution < 1.29 is 9.53 Å². The van der Waals surface area contributed by atoms with Gasteiger partial charge in [-0.1, -0.05) is 54.9 Å². The Morgan fingerprint density at radius 3 is 2.03 bits per heavy atom. The van der Waals surface area contributed by atoms with Crippen LogP contribution in [0.4, 0.5) is 0 Å². The van der Waals surface area contributed by atoms with Gasteiger partial charge in [0.05, 0.1) is 7.11 Å². The monoisotopic (exact) mass is 470 g/mol. The normalized spacial score (nSPS) is 52.5. The van der Waals surface area contributed by atoms with Gasteiger partial charge >= 0.3 is 5.97 Å². The van der Waals surface area contributed by atoms with Crippen molar-refractivity contribution in [3.8, 4) is 0 Å². The van der Waals surface area contributed by atoms with Gasteiger partial charge in [-0.25, -0.2) is 0 Å². The molecule has 0 radical (unpaired) electrons. The molecule has 0 aromatic heterocycles. The van der Waals surface area contributed by atoms with Crippen LogP contribution in [0.2, 0.25) is 0 Å². The number of rotatable bonds is 3. The van der Waals surface area contributed by atoms with Gasteiger partial charge < -0.3 is 4.74 Å². The van der Waals surface area contributed by atoms with E-state index in [-0.39, 0.29) is 5.97 Å². The first-order valence-corrected chi connectivity index (χ1v) is 14.9. The summed E-state index contributed by atoms with van der Waals surface area (Å²) in [6, 6.07) is 0. The Morgan fingerprint density at radius 1 is 0.765 bits per heavy atom. The summed E-state index contributed by atoms with van der Waals surface area (Å²) in [5, 5.41) is 0. The molecule has 2 nitrogen and oxygen atoms in total. The predicted octanol–water partition coefficient (Wildman–Crippen LogP) is 8.68. The standard InChI is InChI=1S/C32H54O2/c1-21(20-27(33)34-8)22-12-17-29(4)23(22)13-18-31(6)25(29)10-11-26-30(5)16-9-15-28(2,3)24(30)14-19-32(26,31)7/h21-26H,9-20H2,1-8H3/t21?,22-,23+,24?,25?,26?,29+,30+,31-,32-/m1/s1. The smallest absolute Gasteiger partial charge is 0.305 e. The molecule has 0 aromatic carbocycles. The molecular weight excluding hydrogens is 416 g/mol. The summed E-state index contributed by atoms with van der Waals surface area (Å²) in [5.41, 5.74) is 2.47. The van der Waals surface area contributed by atoms with Crippen LogP contribution in [0.15, 0.2) is 0 Å². The van der Waals surface area contributed by atoms with E-state index >= 15 is 0 Å². The molecule has 5 aliphatic carbocycles. The minimum atomic E-state index is -0.0184. The molecular formula is C32H54O2. The van der Waals surface area contributed by atoms with Crippen LogP contribution in [-0.4, -0.2) is 13.1 Å². The summed E-state index contributed by atoms with van der Waals surface area (Å²) in [4.78, 5) is 12.1. The van der Waals surface area contributed by atoms with Gasteiger partial charge in [-0.3, -0.25) is 4.79 Å². The van der Waals surface area contributed by atoms with Crippen molar-refractivity contribution >= 4 is 5.97 Å². The number of esters is 1. The molecule has 0 aliphatic heterocycles. The molecule has 194 valence electrons. The third kappa shape index (κ3) is 3.21. The molecule has 0 bridgehead atoms. The SMILES string of the molecule is COC(=O)CC(C)[C@H]1CC[C@]2(C)C3CCC4[C@@]5(C)CCCC(C)(C)C5CC[C@@]4(C)[C@]3(C)CC[C@@H]12. The highest BCUT2D eigenvalue weighted by Gasteiger charge is 2.70. The summed E-state index contributed by atoms with van der Waals surface area (Å²) < 4.78 is 5.04. The highest BCUT2D eigenvalue weighted by Crippen LogP contribution is 2.78. The number of methoxy groups -OCH3 is 1. The van der Waals surface area contributed by atoms with E-state index in [0.717, 1.165) is 23.7 Å². The Morgan fingerprint density at radius 2 is 1.38 bits per heavy atom. The zero-order valence-corrected chi connectivity index (χ0v) is 23.8. The van der Waals surface area contributed by atoms with Crippen LogP contribution < -0.4 is 0 Å². The molecule has 0 N–H and O–H groups in total. The minimum Gasteiger partial charge on any atom is -0.469 e. The molecule has 0 saturated heterocycles. The van der Waals surface area contributed by atoms with E-state index in [1.165, 1.54) is 70.6 Å². The lowest BCUT2D eigenvalue weighted by Gasteiger charge is -2.73. The van der Waals surface area contributed by atoms with Gasteiger partial charge in [-0.05, 0) is 127 Å². The molecule has 2 heteroatoms. The van der Waals surface area contributed by atoms with Gasteiger partial charge in [0, 0.05) is 6.42 Å². The summed E-state index contributed by atoms with van der Waals surface area (Å²) in [6.45, 7) is 18.4. The van der Waals surface area contributed by atoms with Crippen molar-refractivity contribution in [2.45, 2.75) is 126 Å². The van der Waals surface area contributed by atoms with E-state index < -0.39 is 0 Å². The average molecular weight is 471 g/mol. The third-order valence-electron chi connectivity index (χ3n) is 14.2. The Bertz CT molecular complexity index is 816. The summed E-state index contributed by atoms with van der Waals surface area (Å²) >= 11 is 0. The van der Waals surface area contributed by atoms with Crippen LogP contribution in [0.1, 0.15) is 126 Å². The molecule has 5 saturated carbocycles. The molecule has 0 amide bonds. The Balaban J connectivity index is 1.44. The van der Waals surface area contributed by atoms with Gasteiger partial charge in [-0.15, -0.1) is 0 Å². The fourth-order valence-electron chi connectivity index (χ4n) is 12.5. The first kappa shape index (κ1) is 25.1. The predicted molar refractivity (Wildman–Crippen MR) is 140 cm³/mol. The summed E-state index contributed by atoms with van der Waals surface area (Å²) in [7, 11) is 1.54. The molecule has 34 heavy (non-hydrogen) atoms. The van der Waals surface area contributed by atoms with Crippen LogP contribution in [0.5, 0.6) is 0 Å². The number of hydrogen-bond donors (Lipinski definition) is 0. The first-order valence-electron chi connectivity index (χ1n) is 14.9. The van der Waals surface area contributed by atoms with Gasteiger partial charge in [-0.2, -0.15) is 0 Å². The van der Waals surface area contributed by atoms with Crippen LogP contribution in [0.3, 0.4) is 0 Å². The van der Waals surface area contributed by atoms with Gasteiger partial charge in [0.1, 0.15) is 0 Å². The highest BCUT2D eigenvalue weighted by molar-refractivity contribution is 5.69. The van der Waals surface area contributed by atoms with E-state index in [4.69, 9.17) is 4.74 Å². The van der Waals surface area contributed by atoms with Crippen molar-refractivity contribution in [2.75, 3.05) is 7.11 Å². The highest BCUT2D eigenvalue weighted by atomic mass is 16.5. The largest absolute Gasteiger partial charge is 0.469 e. The van der Waals surface area contributed by atoms with E-state index in [9.17, 15) is 4.79 Å². The van der Waals surface area contributed by atoms with E-state index in [1.807, 2.05) is 0 Å². The number of ether oxygens (including phenoxy) is 1. The third-order valence-corrected chi connectivity index (χ3v) is 14.2. The van der Waals surface area contributed by atoms with Crippen LogP contribution in [0, 0.1) is 62.6 Å². The fraction of sp³-hybridized carbons (Fsp3) is 0.969. The molecule has 0 spiro atoms. The molecule has 5 rings (SSSR count). The topological polar surface area (TPSA) is 26.3 Å². The molecule has 10 atom stereocenters. The first-order chi connectivity index (χ1) is 15.8. The number of fused-ring (bicyclic) bond motifs is 7. The van der Waals surface area contributed by atoms with Crippen molar-refractivity contribution in [1.82, 2.24) is 0 Å². The molecule has 5 fully saturated rings. The number of hydrogen-bond acceptors (Lipinski definition) is 2. The Labute approximate surface area is 210 Å². The van der Waals surface area contributed by atoms with Gasteiger partial charge in [0.2, 0.25) is 0 Å². The minimum absolute atomic E-state index is 0.0184. The average Bonchev–Trinajstić information content (AvgIpc) is 3.10. The maximum atomic E-state index is 12.1. The second-order valence-corrected chi connectivity index (χ2v) is 15.6. The summed E-state index contributed by atoms with van der Waals surface area (Å²) in [5.74, 6) is 4.60. The fourth-order valence-corrected chi connectivity index (χ4v) is 12.5. The Hall–Kier alpha value is -0.530. The second kappa shape index (κ2) is 7.98. The lowest BCUT2D eigenvalue weighted by Crippen LogP contribution is -2.65. The zero-order chi connectivity index (χ0) is 24.7. The van der Waals surface area contributed by atoms with E-state index in [0.29, 0.717) is 45.3 Å². The molecule has 0 heterocycles. The lowest BCUT2D eigenvalue weighted by atomic mass is 9.32. The quantitative estimate of drug-likeness (QED) is 0.386. The maximum Gasteiger partial charge on any atom is 0.305 e. The van der Waals surface area contributed by atoms with Crippen molar-refractivity contribution in [1.29, 1.82) is 0 Å². The Kier molecular flexibility index (Phi) is 5.90. The number of carbonyl (C=O) groups excluding carboxylic acids is 1. The maximum absolute atomic E-state index is 12.1. The molecule has 5 aliphatic rings. The number of carbonyl (C=O) groups is 1. The van der Waals surface area contributed by atoms with Gasteiger partial charge in [0.15, 0.2) is 0 Å². The van der Waals surface area contributed by atoms with Crippen molar-refractivity contribution in [3.05, 3.63) is 0 Å². The van der Waals surface area contributed by atoms with Crippen LogP contribution >= 0.6 is 0 Å². The molecule has 4 unspecified atom stereocenters.